The number of nitrogens with zero attached hydrogens (tertiary/aromatic N) is 6. The zero-order valence-electron chi connectivity index (χ0n) is 17.8. The van der Waals surface area contributed by atoms with E-state index in [4.69, 9.17) is 4.98 Å². The molecule has 0 radical (unpaired) electrons. The molecule has 1 aliphatic rings. The van der Waals surface area contributed by atoms with E-state index in [0.717, 1.165) is 12.5 Å². The fourth-order valence-corrected chi connectivity index (χ4v) is 4.10. The van der Waals surface area contributed by atoms with Crippen LogP contribution in [0.4, 0.5) is 14.6 Å². The van der Waals surface area contributed by atoms with Crippen molar-refractivity contribution >= 4 is 11.5 Å². The van der Waals surface area contributed by atoms with Crippen LogP contribution in [0.25, 0.3) is 17.0 Å². The zero-order valence-corrected chi connectivity index (χ0v) is 17.8. The summed E-state index contributed by atoms with van der Waals surface area (Å²) in [4.78, 5) is 11.2. The van der Waals surface area contributed by atoms with Crippen LogP contribution < -0.4 is 4.90 Å². The Morgan fingerprint density at radius 1 is 1.25 bits per heavy atom. The van der Waals surface area contributed by atoms with Gasteiger partial charge in [-0.3, -0.25) is 5.10 Å². The highest BCUT2D eigenvalue weighted by molar-refractivity contribution is 5.73. The normalized spacial score (nSPS) is 18.4. The van der Waals surface area contributed by atoms with Gasteiger partial charge in [0.2, 0.25) is 0 Å². The average molecular weight is 439 g/mol. The maximum atomic E-state index is 14.5. The largest absolute Gasteiger partial charge is 0.382 e. The lowest BCUT2D eigenvalue weighted by molar-refractivity contribution is 0.0440. The smallest absolute Gasteiger partial charge is 0.186 e. The first-order valence-electron chi connectivity index (χ1n) is 10.6. The van der Waals surface area contributed by atoms with E-state index in [1.165, 1.54) is 12.1 Å². The molecule has 32 heavy (non-hydrogen) atoms. The molecule has 2 atom stereocenters. The molecule has 4 aromatic rings. The molecule has 0 saturated carbocycles. The second-order valence-electron chi connectivity index (χ2n) is 8.26. The van der Waals surface area contributed by atoms with E-state index < -0.39 is 17.2 Å². The standard InChI is InChI=1S/C22H23F2N7O/c1-3-22(2,32)21-27-19(28-29-21)15-12-25-31-10-8-18(26-20(15)31)30-9-4-5-17(30)14-11-13(23)6-7-16(14)24/h6-8,10-12,17,32H,3-5,9H2,1-2H3,(H,27,28,29)/t17-,22?/m1/s1. The number of rotatable bonds is 5. The lowest BCUT2D eigenvalue weighted by atomic mass is 10.0. The summed E-state index contributed by atoms with van der Waals surface area (Å²) in [5.41, 5.74) is 0.353. The minimum absolute atomic E-state index is 0.304. The van der Waals surface area contributed by atoms with Gasteiger partial charge in [0.25, 0.3) is 0 Å². The Morgan fingerprint density at radius 3 is 2.91 bits per heavy atom. The van der Waals surface area contributed by atoms with Gasteiger partial charge in [-0.2, -0.15) is 10.2 Å². The molecule has 0 aliphatic carbocycles. The van der Waals surface area contributed by atoms with Gasteiger partial charge in [-0.05, 0) is 50.5 Å². The number of aromatic nitrogens is 6. The molecule has 1 fully saturated rings. The second-order valence-corrected chi connectivity index (χ2v) is 8.26. The fourth-order valence-electron chi connectivity index (χ4n) is 4.10. The summed E-state index contributed by atoms with van der Waals surface area (Å²) in [6, 6.07) is 5.06. The maximum absolute atomic E-state index is 14.5. The molecular weight excluding hydrogens is 416 g/mol. The van der Waals surface area contributed by atoms with Crippen LogP contribution in [0, 0.1) is 11.6 Å². The van der Waals surface area contributed by atoms with Crippen molar-refractivity contribution in [2.24, 2.45) is 0 Å². The van der Waals surface area contributed by atoms with E-state index in [0.29, 0.717) is 53.6 Å². The summed E-state index contributed by atoms with van der Waals surface area (Å²) in [5, 5.41) is 21.8. The number of aromatic amines is 1. The van der Waals surface area contributed by atoms with Gasteiger partial charge >= 0.3 is 0 Å². The van der Waals surface area contributed by atoms with Gasteiger partial charge in [0.15, 0.2) is 17.3 Å². The molecule has 2 N–H and O–H groups in total. The van der Waals surface area contributed by atoms with E-state index >= 15 is 0 Å². The Bertz CT molecular complexity index is 1280. The Kier molecular flexibility index (Phi) is 4.89. The summed E-state index contributed by atoms with van der Waals surface area (Å²) < 4.78 is 29.9. The number of hydrogen-bond acceptors (Lipinski definition) is 6. The van der Waals surface area contributed by atoms with Crippen LogP contribution in [0.2, 0.25) is 0 Å². The van der Waals surface area contributed by atoms with Gasteiger partial charge in [-0.15, -0.1) is 0 Å². The third-order valence-corrected chi connectivity index (χ3v) is 6.14. The Balaban J connectivity index is 1.53. The first-order chi connectivity index (χ1) is 15.4. The summed E-state index contributed by atoms with van der Waals surface area (Å²) in [5.74, 6) is 0.500. The lowest BCUT2D eigenvalue weighted by Gasteiger charge is -2.26. The molecule has 0 spiro atoms. The first-order valence-corrected chi connectivity index (χ1v) is 10.6. The molecular formula is C22H23F2N7O. The van der Waals surface area contributed by atoms with Crippen molar-refractivity contribution in [1.29, 1.82) is 0 Å². The van der Waals surface area contributed by atoms with E-state index in [2.05, 4.69) is 20.3 Å². The Labute approximate surface area is 182 Å². The number of halogens is 2. The average Bonchev–Trinajstić information content (AvgIpc) is 3.53. The van der Waals surface area contributed by atoms with E-state index in [1.807, 2.05) is 17.9 Å². The number of hydrogen-bond donors (Lipinski definition) is 2. The molecule has 1 aliphatic heterocycles. The fraction of sp³-hybridized carbons (Fsp3) is 0.364. The molecule has 0 bridgehead atoms. The van der Waals surface area contributed by atoms with Crippen LogP contribution in [0.5, 0.6) is 0 Å². The van der Waals surface area contributed by atoms with Gasteiger partial charge < -0.3 is 10.0 Å². The zero-order chi connectivity index (χ0) is 22.5. The van der Waals surface area contributed by atoms with Crippen molar-refractivity contribution in [1.82, 2.24) is 29.8 Å². The highest BCUT2D eigenvalue weighted by Crippen LogP contribution is 2.37. The van der Waals surface area contributed by atoms with Crippen molar-refractivity contribution in [3.8, 4) is 11.4 Å². The molecule has 1 saturated heterocycles. The van der Waals surface area contributed by atoms with E-state index in [1.54, 1.807) is 23.8 Å². The van der Waals surface area contributed by atoms with E-state index in [-0.39, 0.29) is 6.04 Å². The van der Waals surface area contributed by atoms with Gasteiger partial charge in [-0.25, -0.2) is 23.3 Å². The quantitative estimate of drug-likeness (QED) is 0.492. The number of nitrogens with one attached hydrogen (secondary N) is 1. The predicted molar refractivity (Wildman–Crippen MR) is 114 cm³/mol. The lowest BCUT2D eigenvalue weighted by Crippen LogP contribution is -2.24. The van der Waals surface area contributed by atoms with Crippen molar-refractivity contribution in [3.05, 3.63) is 59.7 Å². The Morgan fingerprint density at radius 2 is 2.09 bits per heavy atom. The minimum Gasteiger partial charge on any atom is -0.382 e. The van der Waals surface area contributed by atoms with Crippen LogP contribution >= 0.6 is 0 Å². The van der Waals surface area contributed by atoms with Gasteiger partial charge in [0, 0.05) is 18.3 Å². The minimum atomic E-state index is -1.12. The molecule has 10 heteroatoms. The molecule has 1 aromatic carbocycles. The predicted octanol–water partition coefficient (Wildman–Crippen LogP) is 3.75. The first kappa shape index (κ1) is 20.5. The SMILES string of the molecule is CCC(C)(O)c1nc(-c2cnn3ccc(N4CCC[C@@H]4c4cc(F)ccc4F)nc23)n[nH]1. The third kappa shape index (κ3) is 3.40. The van der Waals surface area contributed by atoms with Crippen molar-refractivity contribution in [2.45, 2.75) is 44.8 Å². The number of aliphatic hydroxyl groups is 1. The number of anilines is 1. The molecule has 166 valence electrons. The van der Waals surface area contributed by atoms with E-state index in [9.17, 15) is 13.9 Å². The van der Waals surface area contributed by atoms with Crippen molar-refractivity contribution in [3.63, 3.8) is 0 Å². The van der Waals surface area contributed by atoms with Gasteiger partial charge in [0.05, 0.1) is 17.8 Å². The second kappa shape index (κ2) is 7.63. The monoisotopic (exact) mass is 439 g/mol. The van der Waals surface area contributed by atoms with Crippen LogP contribution in [0.3, 0.4) is 0 Å². The summed E-state index contributed by atoms with van der Waals surface area (Å²) in [6.45, 7) is 4.21. The summed E-state index contributed by atoms with van der Waals surface area (Å²) in [6.07, 6.45) is 5.42. The third-order valence-electron chi connectivity index (χ3n) is 6.14. The van der Waals surface area contributed by atoms with Crippen LogP contribution in [-0.4, -0.2) is 41.4 Å². The topological polar surface area (TPSA) is 95.2 Å². The highest BCUT2D eigenvalue weighted by Gasteiger charge is 2.30. The van der Waals surface area contributed by atoms with Crippen molar-refractivity contribution < 1.29 is 13.9 Å². The van der Waals surface area contributed by atoms with Crippen LogP contribution in [-0.2, 0) is 5.60 Å². The number of H-pyrrole nitrogens is 1. The molecule has 5 rings (SSSR count). The van der Waals surface area contributed by atoms with Gasteiger partial charge in [-0.1, -0.05) is 6.92 Å². The van der Waals surface area contributed by atoms with Crippen molar-refractivity contribution in [2.75, 3.05) is 11.4 Å². The summed E-state index contributed by atoms with van der Waals surface area (Å²) in [7, 11) is 0. The number of benzene rings is 1. The molecule has 8 nitrogen and oxygen atoms in total. The summed E-state index contributed by atoms with van der Waals surface area (Å²) >= 11 is 0. The van der Waals surface area contributed by atoms with Gasteiger partial charge in [0.1, 0.15) is 23.1 Å². The maximum Gasteiger partial charge on any atom is 0.186 e. The molecule has 3 aromatic heterocycles. The highest BCUT2D eigenvalue weighted by atomic mass is 19.1. The molecule has 4 heterocycles. The molecule has 0 amide bonds. The van der Waals surface area contributed by atoms with Crippen LogP contribution in [0.1, 0.15) is 50.5 Å². The van der Waals surface area contributed by atoms with Crippen LogP contribution in [0.15, 0.2) is 36.7 Å². The number of fused-ring (bicyclic) bond motifs is 1. The molecule has 1 unspecified atom stereocenters. The Hall–Kier alpha value is -3.40.